The Morgan fingerprint density at radius 3 is 2.43 bits per heavy atom. The molecule has 0 fully saturated rings. The Morgan fingerprint density at radius 1 is 0.702 bits per heavy atom. The molecule has 2 aliphatic carbocycles. The van der Waals surface area contributed by atoms with Gasteiger partial charge in [0.2, 0.25) is 0 Å². The Kier molecular flexibility index (Phi) is 5.21. The van der Waals surface area contributed by atoms with Crippen molar-refractivity contribution in [3.05, 3.63) is 161 Å². The molecule has 0 saturated carbocycles. The number of rotatable bonds is 2. The van der Waals surface area contributed by atoms with E-state index in [1.807, 2.05) is 0 Å². The predicted molar refractivity (Wildman–Crippen MR) is 194 cm³/mol. The molecule has 3 nitrogen and oxygen atoms in total. The van der Waals surface area contributed by atoms with E-state index in [0.717, 1.165) is 43.6 Å². The van der Waals surface area contributed by atoms with Crippen molar-refractivity contribution in [1.82, 2.24) is 4.57 Å². The first kappa shape index (κ1) is 25.7. The van der Waals surface area contributed by atoms with Crippen LogP contribution in [0.3, 0.4) is 0 Å². The molecule has 222 valence electrons. The Bertz CT molecular complexity index is 2480. The highest BCUT2D eigenvalue weighted by Crippen LogP contribution is 2.47. The van der Waals surface area contributed by atoms with Gasteiger partial charge in [0, 0.05) is 51.9 Å². The number of fused-ring (bicyclic) bond motifs is 9. The number of anilines is 1. The lowest BCUT2D eigenvalue weighted by Crippen LogP contribution is -2.53. The van der Waals surface area contributed by atoms with E-state index in [1.165, 1.54) is 83.2 Å². The van der Waals surface area contributed by atoms with Gasteiger partial charge in [-0.3, -0.25) is 0 Å². The van der Waals surface area contributed by atoms with Crippen LogP contribution in [0.25, 0.3) is 38.6 Å². The standard InChI is InChI=1S/C43H31BN2O/c1-2-12-27(13-3-1)32-26-33-31-16-6-10-20-38(31)46-39-21-11-7-17-34(39)44-35-25-30(22-23-40(35)47-43(32)41(44)42(33)46)45-36-18-8-4-14-28(36)24-29-15-5-9-19-37(29)45/h1-4,6-8,10-21,25-26H,5,9,22-24H2. The van der Waals surface area contributed by atoms with Gasteiger partial charge < -0.3 is 14.2 Å². The van der Waals surface area contributed by atoms with Crippen LogP contribution in [0.15, 0.2) is 156 Å². The van der Waals surface area contributed by atoms with Gasteiger partial charge in [-0.1, -0.05) is 97.1 Å². The topological polar surface area (TPSA) is 17.4 Å². The number of para-hydroxylation sites is 3. The summed E-state index contributed by atoms with van der Waals surface area (Å²) in [5.41, 5.74) is 17.0. The molecule has 4 heterocycles. The molecule has 0 spiro atoms. The smallest absolute Gasteiger partial charge is 0.256 e. The fourth-order valence-electron chi connectivity index (χ4n) is 9.02. The van der Waals surface area contributed by atoms with E-state index in [-0.39, 0.29) is 6.71 Å². The summed E-state index contributed by atoms with van der Waals surface area (Å²) in [6.07, 6.45) is 12.5. The fraction of sp³-hybridized carbons (Fsp3) is 0.116. The second-order valence-corrected chi connectivity index (χ2v) is 13.4. The normalized spacial score (nSPS) is 17.3. The Labute approximate surface area is 274 Å². The third kappa shape index (κ3) is 3.48. The lowest BCUT2D eigenvalue weighted by molar-refractivity contribution is 0.399. The van der Waals surface area contributed by atoms with Gasteiger partial charge in [-0.25, -0.2) is 0 Å². The van der Waals surface area contributed by atoms with E-state index < -0.39 is 0 Å². The van der Waals surface area contributed by atoms with Gasteiger partial charge in [0.15, 0.2) is 0 Å². The van der Waals surface area contributed by atoms with Crippen LogP contribution < -0.4 is 20.6 Å². The van der Waals surface area contributed by atoms with Crippen molar-refractivity contribution < 1.29 is 4.74 Å². The van der Waals surface area contributed by atoms with E-state index in [0.29, 0.717) is 0 Å². The summed E-state index contributed by atoms with van der Waals surface area (Å²) in [5, 5.41) is 2.57. The molecule has 0 amide bonds. The Balaban J connectivity index is 1.20. The number of nitrogens with zero attached hydrogens (tertiary/aromatic N) is 2. The van der Waals surface area contributed by atoms with E-state index in [2.05, 4.69) is 137 Å². The second kappa shape index (κ2) is 9.53. The average Bonchev–Trinajstić information content (AvgIpc) is 3.47. The zero-order chi connectivity index (χ0) is 30.6. The van der Waals surface area contributed by atoms with Gasteiger partial charge in [-0.15, -0.1) is 0 Å². The van der Waals surface area contributed by atoms with Gasteiger partial charge in [0.05, 0.1) is 16.8 Å². The van der Waals surface area contributed by atoms with Crippen molar-refractivity contribution in [3.63, 3.8) is 0 Å². The van der Waals surface area contributed by atoms with Crippen LogP contribution in [-0.2, 0) is 6.42 Å². The molecular formula is C43H31BN2O. The van der Waals surface area contributed by atoms with Crippen LogP contribution in [0.4, 0.5) is 5.69 Å². The maximum absolute atomic E-state index is 7.19. The zero-order valence-corrected chi connectivity index (χ0v) is 26.0. The lowest BCUT2D eigenvalue weighted by Gasteiger charge is -2.41. The Hall–Kier alpha value is -5.48. The van der Waals surface area contributed by atoms with Crippen LogP contribution in [0.2, 0.25) is 0 Å². The number of ether oxygens (including phenoxy) is 1. The summed E-state index contributed by atoms with van der Waals surface area (Å²) < 4.78 is 9.69. The predicted octanol–water partition coefficient (Wildman–Crippen LogP) is 8.90. The van der Waals surface area contributed by atoms with Crippen molar-refractivity contribution in [1.29, 1.82) is 0 Å². The highest BCUT2D eigenvalue weighted by Gasteiger charge is 2.44. The second-order valence-electron chi connectivity index (χ2n) is 13.4. The lowest BCUT2D eigenvalue weighted by atomic mass is 9.33. The van der Waals surface area contributed by atoms with Crippen molar-refractivity contribution in [2.75, 3.05) is 4.90 Å². The van der Waals surface area contributed by atoms with Crippen LogP contribution >= 0.6 is 0 Å². The molecule has 0 N–H and O–H groups in total. The van der Waals surface area contributed by atoms with Gasteiger partial charge in [-0.05, 0) is 82.7 Å². The van der Waals surface area contributed by atoms with Crippen molar-refractivity contribution in [2.45, 2.75) is 32.1 Å². The van der Waals surface area contributed by atoms with Gasteiger partial charge >= 0.3 is 0 Å². The fourth-order valence-corrected chi connectivity index (χ4v) is 9.02. The largest absolute Gasteiger partial charge is 0.462 e. The molecule has 11 rings (SSSR count). The summed E-state index contributed by atoms with van der Waals surface area (Å²) in [6, 6.07) is 40.1. The van der Waals surface area contributed by atoms with Crippen molar-refractivity contribution in [2.24, 2.45) is 0 Å². The monoisotopic (exact) mass is 602 g/mol. The molecule has 47 heavy (non-hydrogen) atoms. The van der Waals surface area contributed by atoms with Crippen LogP contribution in [0.5, 0.6) is 5.75 Å². The van der Waals surface area contributed by atoms with Crippen LogP contribution in [0, 0.1) is 0 Å². The molecule has 0 radical (unpaired) electrons. The van der Waals surface area contributed by atoms with Gasteiger partial charge in [0.1, 0.15) is 5.75 Å². The highest BCUT2D eigenvalue weighted by molar-refractivity contribution is 6.95. The summed E-state index contributed by atoms with van der Waals surface area (Å²) in [7, 11) is 0. The van der Waals surface area contributed by atoms with Gasteiger partial charge in [-0.2, -0.15) is 0 Å². The van der Waals surface area contributed by atoms with Gasteiger partial charge in [0.25, 0.3) is 6.71 Å². The molecule has 6 aromatic rings. The third-order valence-electron chi connectivity index (χ3n) is 11.0. The van der Waals surface area contributed by atoms with E-state index in [1.54, 1.807) is 0 Å². The van der Waals surface area contributed by atoms with E-state index in [9.17, 15) is 0 Å². The molecule has 3 aliphatic heterocycles. The molecule has 4 heteroatoms. The maximum atomic E-state index is 7.19. The summed E-state index contributed by atoms with van der Waals surface area (Å²) in [6.45, 7) is 0.0820. The Morgan fingerprint density at radius 2 is 1.49 bits per heavy atom. The number of aromatic nitrogens is 1. The third-order valence-corrected chi connectivity index (χ3v) is 11.0. The molecule has 5 aliphatic rings. The first-order chi connectivity index (χ1) is 23.3. The zero-order valence-electron chi connectivity index (χ0n) is 26.0. The minimum Gasteiger partial charge on any atom is -0.462 e. The van der Waals surface area contributed by atoms with Crippen LogP contribution in [-0.4, -0.2) is 11.3 Å². The number of hydrogen-bond acceptors (Lipinski definition) is 2. The quantitative estimate of drug-likeness (QED) is 0.184. The van der Waals surface area contributed by atoms with E-state index in [4.69, 9.17) is 4.74 Å². The maximum Gasteiger partial charge on any atom is 0.256 e. The minimum atomic E-state index is 0.0820. The highest BCUT2D eigenvalue weighted by atomic mass is 16.5. The number of hydrogen-bond donors (Lipinski definition) is 0. The first-order valence-corrected chi connectivity index (χ1v) is 17.0. The molecule has 1 aromatic heterocycles. The molecular weight excluding hydrogens is 571 g/mol. The molecule has 0 saturated heterocycles. The van der Waals surface area contributed by atoms with E-state index >= 15 is 0 Å². The summed E-state index contributed by atoms with van der Waals surface area (Å²) in [4.78, 5) is 2.57. The minimum absolute atomic E-state index is 0.0820. The number of allylic oxidation sites excluding steroid dienone is 7. The van der Waals surface area contributed by atoms with Crippen molar-refractivity contribution >= 4 is 45.1 Å². The number of benzene rings is 5. The molecule has 0 bridgehead atoms. The van der Waals surface area contributed by atoms with Crippen LogP contribution in [0.1, 0.15) is 31.2 Å². The summed E-state index contributed by atoms with van der Waals surface area (Å²) >= 11 is 0. The molecule has 5 aromatic carbocycles. The van der Waals surface area contributed by atoms with Crippen molar-refractivity contribution in [3.8, 4) is 22.6 Å². The summed E-state index contributed by atoms with van der Waals surface area (Å²) in [5.74, 6) is 2.13. The SMILES string of the molecule is C1=C2Cc3ccccc3N(C3=CC4=C(CC3)Oc3c(-c5ccccc5)cc5c6ccccc6n6c5c3B4c3ccccc3-6)C2=CCC1. The molecule has 0 atom stereocenters. The first-order valence-electron chi connectivity index (χ1n) is 17.0. The molecule has 0 unspecified atom stereocenters. The average molecular weight is 603 g/mol.